The summed E-state index contributed by atoms with van der Waals surface area (Å²) in [6.45, 7) is 0. The number of nitrogens with two attached hydrogens (primary N) is 1. The second kappa shape index (κ2) is 6.33. The summed E-state index contributed by atoms with van der Waals surface area (Å²) in [5.41, 5.74) is 8.22. The summed E-state index contributed by atoms with van der Waals surface area (Å²) in [6, 6.07) is 8.40. The number of hydrogen-bond donors (Lipinski definition) is 3. The van der Waals surface area contributed by atoms with Crippen molar-refractivity contribution in [1.82, 2.24) is 9.55 Å². The molecule has 0 unspecified atom stereocenters. The van der Waals surface area contributed by atoms with Gasteiger partial charge in [-0.3, -0.25) is 10.2 Å². The monoisotopic (exact) mass is 338 g/mol. The Morgan fingerprint density at radius 2 is 2.28 bits per heavy atom. The summed E-state index contributed by atoms with van der Waals surface area (Å²) < 4.78 is 6.46. The number of benzene rings is 1. The molecule has 8 nitrogen and oxygen atoms in total. The van der Waals surface area contributed by atoms with Crippen LogP contribution in [-0.4, -0.2) is 21.2 Å². The number of carbonyl (C=O) groups excluding carboxylic acids is 1. The lowest BCUT2D eigenvalue weighted by Gasteiger charge is -2.10. The molecule has 0 bridgehead atoms. The minimum atomic E-state index is -0.463. The number of carbonyl (C=O) groups is 1. The van der Waals surface area contributed by atoms with Crippen LogP contribution in [0.5, 0.6) is 0 Å². The highest BCUT2D eigenvalue weighted by Crippen LogP contribution is 2.22. The molecule has 1 amide bonds. The Morgan fingerprint density at radius 3 is 2.92 bits per heavy atom. The number of rotatable bonds is 4. The first-order valence-corrected chi connectivity index (χ1v) is 7.25. The van der Waals surface area contributed by atoms with Crippen LogP contribution in [0.2, 0.25) is 0 Å². The molecule has 25 heavy (non-hydrogen) atoms. The standard InChI is InChI=1S/C17H14N6O2.2H2/c1-23-8-12(7-18)21-16(23)17(24)22-11-2-3-14(19)13(6-11)15(20)10-4-5-25-9-10;;/h2-6,8-9,20H,19H2,1H3,(H,22,24);2*1H. The van der Waals surface area contributed by atoms with Gasteiger partial charge in [0.05, 0.1) is 18.2 Å². The lowest BCUT2D eigenvalue weighted by molar-refractivity contribution is 0.101. The molecule has 3 rings (SSSR count). The summed E-state index contributed by atoms with van der Waals surface area (Å²) in [7, 11) is 1.63. The zero-order chi connectivity index (χ0) is 18.0. The molecular weight excluding hydrogens is 320 g/mol. The van der Waals surface area contributed by atoms with Crippen molar-refractivity contribution in [3.05, 3.63) is 65.6 Å². The smallest absolute Gasteiger partial charge is 0.291 e. The molecule has 2 aromatic heterocycles. The zero-order valence-corrected chi connectivity index (χ0v) is 13.3. The number of anilines is 2. The number of aryl methyl sites for hydroxylation is 1. The van der Waals surface area contributed by atoms with Crippen molar-refractivity contribution in [3.8, 4) is 6.07 Å². The molecule has 0 fully saturated rings. The molecule has 0 saturated carbocycles. The zero-order valence-electron chi connectivity index (χ0n) is 13.3. The summed E-state index contributed by atoms with van der Waals surface area (Å²) in [5.74, 6) is -0.352. The summed E-state index contributed by atoms with van der Waals surface area (Å²) in [6.07, 6.45) is 4.39. The third-order valence-corrected chi connectivity index (χ3v) is 3.58. The Kier molecular flexibility index (Phi) is 4.05. The number of hydrogen-bond acceptors (Lipinski definition) is 6. The van der Waals surface area contributed by atoms with E-state index < -0.39 is 5.91 Å². The molecule has 8 heteroatoms. The van der Waals surface area contributed by atoms with E-state index in [0.29, 0.717) is 22.5 Å². The molecule has 2 heterocycles. The number of imidazole rings is 1. The van der Waals surface area contributed by atoms with Crippen LogP contribution in [0.4, 0.5) is 11.4 Å². The number of amides is 1. The SMILES string of the molecule is Cn1cc(C#N)nc1C(=O)Nc1ccc(N)c(C(=N)c2ccoc2)c1.[HH].[HH]. The number of furan rings is 1. The Bertz CT molecular complexity index is 1010. The molecule has 4 N–H and O–H groups in total. The third-order valence-electron chi connectivity index (χ3n) is 3.58. The van der Waals surface area contributed by atoms with Crippen molar-refractivity contribution < 1.29 is 12.1 Å². The van der Waals surface area contributed by atoms with Crippen LogP contribution in [0.15, 0.2) is 47.4 Å². The van der Waals surface area contributed by atoms with Gasteiger partial charge in [-0.2, -0.15) is 5.26 Å². The fourth-order valence-corrected chi connectivity index (χ4v) is 2.33. The van der Waals surface area contributed by atoms with E-state index in [9.17, 15) is 4.79 Å². The first kappa shape index (κ1) is 16.0. The number of nitriles is 1. The highest BCUT2D eigenvalue weighted by molar-refractivity contribution is 6.14. The van der Waals surface area contributed by atoms with Gasteiger partial charge in [0.1, 0.15) is 6.07 Å². The molecule has 0 radical (unpaired) electrons. The third kappa shape index (κ3) is 3.11. The fourth-order valence-electron chi connectivity index (χ4n) is 2.33. The maximum absolute atomic E-state index is 12.4. The second-order valence-corrected chi connectivity index (χ2v) is 5.32. The van der Waals surface area contributed by atoms with E-state index in [-0.39, 0.29) is 20.1 Å². The predicted molar refractivity (Wildman–Crippen MR) is 95.6 cm³/mol. The lowest BCUT2D eigenvalue weighted by Crippen LogP contribution is -2.17. The van der Waals surface area contributed by atoms with Crippen LogP contribution >= 0.6 is 0 Å². The van der Waals surface area contributed by atoms with E-state index >= 15 is 0 Å². The minimum absolute atomic E-state index is 0. The minimum Gasteiger partial charge on any atom is -0.472 e. The van der Waals surface area contributed by atoms with Crippen molar-refractivity contribution in [3.63, 3.8) is 0 Å². The highest BCUT2D eigenvalue weighted by atomic mass is 16.3. The van der Waals surface area contributed by atoms with Gasteiger partial charge in [-0.15, -0.1) is 0 Å². The Labute approximate surface area is 146 Å². The molecule has 0 aliphatic carbocycles. The van der Waals surface area contributed by atoms with Gasteiger partial charge in [0.2, 0.25) is 0 Å². The second-order valence-electron chi connectivity index (χ2n) is 5.32. The van der Waals surface area contributed by atoms with Gasteiger partial charge < -0.3 is 20.0 Å². The molecule has 1 aromatic carbocycles. The van der Waals surface area contributed by atoms with Crippen LogP contribution in [-0.2, 0) is 7.05 Å². The molecule has 0 aliphatic rings. The van der Waals surface area contributed by atoms with E-state index in [1.165, 1.54) is 23.3 Å². The number of nitrogens with zero attached hydrogens (tertiary/aromatic N) is 3. The van der Waals surface area contributed by atoms with Crippen LogP contribution < -0.4 is 11.1 Å². The summed E-state index contributed by atoms with van der Waals surface area (Å²) >= 11 is 0. The lowest BCUT2D eigenvalue weighted by atomic mass is 10.0. The molecule has 0 saturated heterocycles. The normalized spacial score (nSPS) is 10.2. The molecule has 0 aliphatic heterocycles. The molecule has 0 atom stereocenters. The first-order valence-electron chi connectivity index (χ1n) is 7.25. The number of nitrogens with one attached hydrogen (secondary N) is 2. The Morgan fingerprint density at radius 1 is 1.48 bits per heavy atom. The van der Waals surface area contributed by atoms with Gasteiger partial charge in [0, 0.05) is 38.6 Å². The molecule has 3 aromatic rings. The van der Waals surface area contributed by atoms with E-state index in [1.54, 1.807) is 31.3 Å². The van der Waals surface area contributed by atoms with Crippen LogP contribution in [0.25, 0.3) is 0 Å². The fraction of sp³-hybridized carbons (Fsp3) is 0.0588. The van der Waals surface area contributed by atoms with Crippen molar-refractivity contribution in [1.29, 1.82) is 10.7 Å². The van der Waals surface area contributed by atoms with E-state index in [1.807, 2.05) is 6.07 Å². The van der Waals surface area contributed by atoms with E-state index in [4.69, 9.17) is 20.8 Å². The number of aromatic nitrogens is 2. The van der Waals surface area contributed by atoms with Gasteiger partial charge in [-0.1, -0.05) is 0 Å². The van der Waals surface area contributed by atoms with Gasteiger partial charge in [0.15, 0.2) is 11.5 Å². The predicted octanol–water partition coefficient (Wildman–Crippen LogP) is 2.63. The average molecular weight is 338 g/mol. The largest absolute Gasteiger partial charge is 0.472 e. The quantitative estimate of drug-likeness (QED) is 0.496. The van der Waals surface area contributed by atoms with E-state index in [0.717, 1.165) is 0 Å². The maximum Gasteiger partial charge on any atom is 0.291 e. The Hall–Kier alpha value is -3.86. The highest BCUT2D eigenvalue weighted by Gasteiger charge is 2.16. The van der Waals surface area contributed by atoms with Crippen molar-refractivity contribution in [2.24, 2.45) is 7.05 Å². The van der Waals surface area contributed by atoms with Crippen LogP contribution in [0, 0.1) is 16.7 Å². The van der Waals surface area contributed by atoms with Crippen LogP contribution in [0.3, 0.4) is 0 Å². The van der Waals surface area contributed by atoms with Gasteiger partial charge in [-0.05, 0) is 24.3 Å². The maximum atomic E-state index is 12.4. The van der Waals surface area contributed by atoms with Gasteiger partial charge in [-0.25, -0.2) is 4.98 Å². The van der Waals surface area contributed by atoms with Gasteiger partial charge in [0.25, 0.3) is 5.91 Å². The summed E-state index contributed by atoms with van der Waals surface area (Å²) in [5, 5.41) is 19.8. The van der Waals surface area contributed by atoms with Crippen molar-refractivity contribution in [2.75, 3.05) is 11.1 Å². The molecule has 0 spiro atoms. The molecular formula is C17H18N6O2. The van der Waals surface area contributed by atoms with Gasteiger partial charge >= 0.3 is 0 Å². The summed E-state index contributed by atoms with van der Waals surface area (Å²) in [4.78, 5) is 16.3. The number of nitrogen functional groups attached to an aromatic ring is 1. The van der Waals surface area contributed by atoms with Crippen molar-refractivity contribution in [2.45, 2.75) is 0 Å². The first-order chi connectivity index (χ1) is 12.0. The topological polar surface area (TPSA) is 134 Å². The van der Waals surface area contributed by atoms with E-state index in [2.05, 4.69) is 10.3 Å². The van der Waals surface area contributed by atoms with Crippen molar-refractivity contribution >= 4 is 23.0 Å². The average Bonchev–Trinajstić information content (AvgIpc) is 3.25. The Balaban J connectivity index is 0.00000182. The molecule has 128 valence electrons. The van der Waals surface area contributed by atoms with Crippen LogP contribution in [0.1, 0.15) is 30.3 Å².